The molecule has 172 valence electrons. The van der Waals surface area contributed by atoms with Crippen molar-refractivity contribution >= 4 is 41.3 Å². The van der Waals surface area contributed by atoms with Gasteiger partial charge in [-0.05, 0) is 60.5 Å². The van der Waals surface area contributed by atoms with Gasteiger partial charge in [-0.3, -0.25) is 4.79 Å². The van der Waals surface area contributed by atoms with Crippen LogP contribution in [0.25, 0.3) is 12.2 Å². The fraction of sp³-hybridized carbons (Fsp3) is 0.130. The molecule has 3 aromatic rings. The maximum absolute atomic E-state index is 14.1. The number of hydrogen-bond acceptors (Lipinski definition) is 2. The highest BCUT2D eigenvalue weighted by Gasteiger charge is 2.30. The molecule has 33 heavy (non-hydrogen) atoms. The summed E-state index contributed by atoms with van der Waals surface area (Å²) in [6.07, 6.45) is -2.01. The topological polar surface area (TPSA) is 59.3 Å². The predicted molar refractivity (Wildman–Crippen MR) is 118 cm³/mol. The third-order valence-corrected chi connectivity index (χ3v) is 5.38. The number of halogens is 6. The highest BCUT2D eigenvalue weighted by atomic mass is 35.5. The summed E-state index contributed by atoms with van der Waals surface area (Å²) in [6, 6.07) is 9.22. The second kappa shape index (κ2) is 9.80. The number of carboxylic acid groups (broad SMARTS) is 1. The normalized spacial score (nSPS) is 11.8. The smallest absolute Gasteiger partial charge is 0.416 e. The van der Waals surface area contributed by atoms with Crippen molar-refractivity contribution in [3.05, 3.63) is 103 Å². The molecular weight excluding hydrogens is 485 g/mol. The van der Waals surface area contributed by atoms with Gasteiger partial charge in [-0.2, -0.15) is 13.2 Å². The van der Waals surface area contributed by atoms with E-state index in [0.717, 1.165) is 11.6 Å². The molecule has 0 aliphatic heterocycles. The third-order valence-electron chi connectivity index (χ3n) is 4.81. The number of alkyl halides is 3. The number of carbonyl (C=O) groups is 1. The van der Waals surface area contributed by atoms with Crippen LogP contribution in [-0.2, 0) is 19.1 Å². The van der Waals surface area contributed by atoms with Gasteiger partial charge in [-0.1, -0.05) is 35.3 Å². The van der Waals surface area contributed by atoms with E-state index in [2.05, 4.69) is 0 Å². The highest BCUT2D eigenvalue weighted by molar-refractivity contribution is 6.35. The second-order valence-corrected chi connectivity index (χ2v) is 7.82. The summed E-state index contributed by atoms with van der Waals surface area (Å²) >= 11 is 12.2. The van der Waals surface area contributed by atoms with Gasteiger partial charge in [0.05, 0.1) is 21.8 Å². The summed E-state index contributed by atoms with van der Waals surface area (Å²) in [4.78, 5) is 23.6. The Balaban J connectivity index is 1.95. The van der Waals surface area contributed by atoms with Crippen molar-refractivity contribution in [3.8, 4) is 0 Å². The van der Waals surface area contributed by atoms with Crippen LogP contribution in [0, 0.1) is 5.82 Å². The number of pyridine rings is 1. The lowest BCUT2D eigenvalue weighted by molar-refractivity contribution is -0.137. The van der Waals surface area contributed by atoms with E-state index < -0.39 is 29.1 Å². The summed E-state index contributed by atoms with van der Waals surface area (Å²) in [5, 5.41) is 8.86. The van der Waals surface area contributed by atoms with Crippen LogP contribution in [-0.4, -0.2) is 15.6 Å². The van der Waals surface area contributed by atoms with E-state index in [0.29, 0.717) is 24.6 Å². The molecule has 0 saturated carbocycles. The standard InChI is InChI=1S/C23H15Cl2F4NO3/c24-17-12-18(25)21(31)30(10-9-13-1-3-14(4-2-13)22(32)33)20(17)8-5-15-11-16(23(27,28)29)6-7-19(15)26/h1-8,11-12H,9-10H2,(H,32,33). The predicted octanol–water partition coefficient (Wildman–Crippen LogP) is 6.42. The first-order valence-electron chi connectivity index (χ1n) is 9.43. The zero-order valence-corrected chi connectivity index (χ0v) is 18.2. The molecule has 4 nitrogen and oxygen atoms in total. The van der Waals surface area contributed by atoms with Crippen molar-refractivity contribution in [2.45, 2.75) is 19.1 Å². The number of benzene rings is 2. The van der Waals surface area contributed by atoms with Gasteiger partial charge < -0.3 is 9.67 Å². The fourth-order valence-electron chi connectivity index (χ4n) is 3.08. The molecule has 0 bridgehead atoms. The van der Waals surface area contributed by atoms with E-state index in [9.17, 15) is 27.2 Å². The Labute approximate surface area is 195 Å². The Morgan fingerprint density at radius 3 is 2.27 bits per heavy atom. The van der Waals surface area contributed by atoms with E-state index >= 15 is 0 Å². The van der Waals surface area contributed by atoms with Gasteiger partial charge in [0.15, 0.2) is 0 Å². The molecule has 0 saturated heterocycles. The first-order chi connectivity index (χ1) is 15.5. The van der Waals surface area contributed by atoms with Crippen LogP contribution in [0.2, 0.25) is 10.0 Å². The van der Waals surface area contributed by atoms with Crippen LogP contribution in [0.4, 0.5) is 17.6 Å². The SMILES string of the molecule is O=C(O)c1ccc(CCn2c(C=Cc3cc(C(F)(F)F)ccc3F)c(Cl)cc(Cl)c2=O)cc1. The maximum Gasteiger partial charge on any atom is 0.416 e. The first kappa shape index (κ1) is 24.5. The number of carboxylic acids is 1. The van der Waals surface area contributed by atoms with Gasteiger partial charge in [0.1, 0.15) is 10.8 Å². The van der Waals surface area contributed by atoms with Crippen molar-refractivity contribution in [3.63, 3.8) is 0 Å². The molecule has 0 atom stereocenters. The zero-order chi connectivity index (χ0) is 24.3. The summed E-state index contributed by atoms with van der Waals surface area (Å²) in [5.74, 6) is -1.95. The minimum atomic E-state index is -4.65. The van der Waals surface area contributed by atoms with Crippen LogP contribution in [0.5, 0.6) is 0 Å². The van der Waals surface area contributed by atoms with E-state index in [4.69, 9.17) is 28.3 Å². The van der Waals surface area contributed by atoms with Gasteiger partial charge in [0, 0.05) is 12.1 Å². The molecule has 10 heteroatoms. The number of aromatic nitrogens is 1. The van der Waals surface area contributed by atoms with E-state index in [1.54, 1.807) is 12.1 Å². The van der Waals surface area contributed by atoms with Crippen LogP contribution >= 0.6 is 23.2 Å². The van der Waals surface area contributed by atoms with Crippen molar-refractivity contribution in [1.82, 2.24) is 4.57 Å². The molecule has 2 aromatic carbocycles. The molecule has 0 radical (unpaired) electrons. The average Bonchev–Trinajstić information content (AvgIpc) is 2.75. The Hall–Kier alpha value is -3.10. The average molecular weight is 500 g/mol. The Bertz CT molecular complexity index is 1280. The van der Waals surface area contributed by atoms with Crippen molar-refractivity contribution in [2.75, 3.05) is 0 Å². The minimum absolute atomic E-state index is 0.0458. The molecule has 0 unspecified atom stereocenters. The fourth-order valence-corrected chi connectivity index (χ4v) is 3.62. The molecule has 0 aliphatic carbocycles. The lowest BCUT2D eigenvalue weighted by Gasteiger charge is -2.13. The van der Waals surface area contributed by atoms with Gasteiger partial charge in [0.2, 0.25) is 0 Å². The number of nitrogens with zero attached hydrogens (tertiary/aromatic N) is 1. The minimum Gasteiger partial charge on any atom is -0.478 e. The molecule has 0 aliphatic rings. The van der Waals surface area contributed by atoms with Crippen LogP contribution in [0.1, 0.15) is 32.7 Å². The number of aryl methyl sites for hydroxylation is 1. The largest absolute Gasteiger partial charge is 0.478 e. The number of hydrogen-bond donors (Lipinski definition) is 1. The van der Waals surface area contributed by atoms with Crippen molar-refractivity contribution < 1.29 is 27.5 Å². The summed E-state index contributed by atoms with van der Waals surface area (Å²) in [7, 11) is 0. The molecule has 1 N–H and O–H groups in total. The Kier molecular flexibility index (Phi) is 7.29. The maximum atomic E-state index is 14.1. The monoisotopic (exact) mass is 499 g/mol. The molecule has 0 spiro atoms. The Morgan fingerprint density at radius 1 is 1.00 bits per heavy atom. The Morgan fingerprint density at radius 2 is 1.67 bits per heavy atom. The van der Waals surface area contributed by atoms with E-state index in [-0.39, 0.29) is 33.4 Å². The van der Waals surface area contributed by atoms with Crippen molar-refractivity contribution in [1.29, 1.82) is 0 Å². The summed E-state index contributed by atoms with van der Waals surface area (Å²) < 4.78 is 54.2. The third kappa shape index (κ3) is 5.83. The summed E-state index contributed by atoms with van der Waals surface area (Å²) in [6.45, 7) is 0.0796. The van der Waals surface area contributed by atoms with E-state index in [1.165, 1.54) is 28.8 Å². The highest BCUT2D eigenvalue weighted by Crippen LogP contribution is 2.31. The van der Waals surface area contributed by atoms with Gasteiger partial charge in [0.25, 0.3) is 5.56 Å². The molecule has 3 rings (SSSR count). The van der Waals surface area contributed by atoms with Crippen LogP contribution < -0.4 is 5.56 Å². The summed E-state index contributed by atoms with van der Waals surface area (Å²) in [5.41, 5.74) is -0.986. The van der Waals surface area contributed by atoms with Gasteiger partial charge in [-0.15, -0.1) is 0 Å². The second-order valence-electron chi connectivity index (χ2n) is 7.00. The number of rotatable bonds is 6. The molecular formula is C23H15Cl2F4NO3. The lowest BCUT2D eigenvalue weighted by Crippen LogP contribution is -2.24. The van der Waals surface area contributed by atoms with E-state index in [1.807, 2.05) is 0 Å². The van der Waals surface area contributed by atoms with Crippen molar-refractivity contribution in [2.24, 2.45) is 0 Å². The lowest BCUT2D eigenvalue weighted by atomic mass is 10.1. The van der Waals surface area contributed by atoms with Crippen LogP contribution in [0.15, 0.2) is 53.3 Å². The molecule has 1 heterocycles. The molecule has 0 amide bonds. The number of aromatic carboxylic acids is 1. The van der Waals surface area contributed by atoms with Gasteiger partial charge in [-0.25, -0.2) is 9.18 Å². The molecule has 1 aromatic heterocycles. The first-order valence-corrected chi connectivity index (χ1v) is 10.2. The zero-order valence-electron chi connectivity index (χ0n) is 16.7. The van der Waals surface area contributed by atoms with Gasteiger partial charge >= 0.3 is 12.1 Å². The van der Waals surface area contributed by atoms with Crippen LogP contribution in [0.3, 0.4) is 0 Å². The quantitative estimate of drug-likeness (QED) is 0.398. The molecule has 0 fully saturated rings.